The fourth-order valence-electron chi connectivity index (χ4n) is 16.9. The van der Waals surface area contributed by atoms with Crippen LogP contribution in [0.1, 0.15) is 167 Å². The number of hydrogen-bond acceptors (Lipinski definition) is 27. The standard InChI is InChI=1S/C94H150N34O19S3/c1-52(2)42-65-83(140)114-62(24-14-37-111-94(105)106)80(137)123-69(85(142)116-61(23-13-36-110-93(103)104)79(136)121-67(89(146)147)44-55-45-112-58-20-9-8-18-56(55)58)47-149-40-31-74(131)126-49-125-50-127(51-126)75(132)32-41-150-48-70(86(143)115-59(21-11-34-108-91(99)100)77(134)117-64(82(139)119-65)28-29-72(96)129)124-87(144)71-25-15-38-128(71)88(145)66(43-53(3)4)120-78(135)60(22-12-35-109-92(101)102)113-81(138)63(27-26-54-16-6-5-7-17-54)118-84(141)68(46-148-39-30-73(125)130)122-76(133)57(95)19-10-33-107-90(97)98/h5-9,16-18,20,45,52-53,57,59-71,112H,10-15,19,21-44,46-51,95H2,1-4H3,(H2,96,129)(H,113,138)(H,114,140)(H,115,143)(H,116,142)(H,117,134)(H,118,141)(H,119,139)(H,120,135)(H,121,136)(H,122,133)(H,123,137)(H,124,144)(H,146,147)(H4,97,98,107)(H4,99,100,108)(H4,101,102,109)(H4,103,104,110)(H4,105,106,111)/t57-,59-,60-,61-,62-,63-,64-,65-,66-,67-,68-,69-,70-,71-/m0/s1. The number of carbonyl (C=O) groups excluding carboxylic acids is 17. The number of primary amides is 1. The van der Waals surface area contributed by atoms with Gasteiger partial charge < -0.3 is 160 Å². The molecule has 5 heterocycles. The molecule has 2 aromatic carbocycles. The zero-order valence-corrected chi connectivity index (χ0v) is 87.5. The van der Waals surface area contributed by atoms with E-state index in [0.29, 0.717) is 16.5 Å². The number of nitrogens with zero attached hydrogens (tertiary/aromatic N) is 4. The van der Waals surface area contributed by atoms with Crippen molar-refractivity contribution in [1.82, 2.24) is 115 Å². The predicted octanol–water partition coefficient (Wildman–Crippen LogP) is -5.99. The summed E-state index contributed by atoms with van der Waals surface area (Å²) in [5.74, 6) is -21.6. The molecule has 828 valence electrons. The summed E-state index contributed by atoms with van der Waals surface area (Å²) >= 11 is 2.87. The van der Waals surface area contributed by atoms with Crippen LogP contribution in [0.15, 0.2) is 60.8 Å². The lowest BCUT2D eigenvalue weighted by molar-refractivity contribution is -0.158. The number of H-pyrrole nitrogens is 1. The van der Waals surface area contributed by atoms with Gasteiger partial charge in [-0.15, -0.1) is 0 Å². The zero-order valence-electron chi connectivity index (χ0n) is 85.0. The first-order valence-electron chi connectivity index (χ1n) is 50.1. The molecule has 56 heteroatoms. The molecule has 0 saturated carbocycles. The number of guanidine groups is 5. The Morgan fingerprint density at radius 1 is 0.460 bits per heavy atom. The molecule has 17 amide bonds. The minimum atomic E-state index is -1.78. The molecule has 0 aliphatic carbocycles. The van der Waals surface area contributed by atoms with Gasteiger partial charge in [-0.2, -0.15) is 35.3 Å². The number of nitrogens with two attached hydrogens (primary N) is 7. The van der Waals surface area contributed by atoms with Crippen LogP contribution in [0.25, 0.3) is 10.9 Å². The van der Waals surface area contributed by atoms with Gasteiger partial charge in [0, 0.05) is 123 Å². The third kappa shape index (κ3) is 43.2. The summed E-state index contributed by atoms with van der Waals surface area (Å²) < 4.78 is 0. The number of amides is 17. The second kappa shape index (κ2) is 63.6. The van der Waals surface area contributed by atoms with Gasteiger partial charge >= 0.3 is 5.97 Å². The maximum Gasteiger partial charge on any atom is 0.326 e. The van der Waals surface area contributed by atoms with Crippen LogP contribution < -0.4 is 131 Å². The Labute approximate surface area is 882 Å². The lowest BCUT2D eigenvalue weighted by atomic mass is 10.0. The van der Waals surface area contributed by atoms with Crippen LogP contribution in [-0.2, 0) is 99.1 Å². The van der Waals surface area contributed by atoms with Gasteiger partial charge in [0.15, 0.2) is 29.8 Å². The molecule has 0 spiro atoms. The van der Waals surface area contributed by atoms with Gasteiger partial charge in [-0.05, 0) is 138 Å². The summed E-state index contributed by atoms with van der Waals surface area (Å²) in [7, 11) is 0. The van der Waals surface area contributed by atoms with E-state index in [0.717, 1.165) is 40.8 Å². The van der Waals surface area contributed by atoms with Gasteiger partial charge in [0.2, 0.25) is 100 Å². The summed E-state index contributed by atoms with van der Waals surface area (Å²) in [6.07, 6.45) is -1.81. The van der Waals surface area contributed by atoms with Crippen LogP contribution in [0, 0.1) is 38.9 Å². The van der Waals surface area contributed by atoms with Crippen molar-refractivity contribution < 1.29 is 91.4 Å². The molecule has 14 atom stereocenters. The number of hydrogen-bond donors (Lipinski definition) is 31. The number of aliphatic carboxylic acids is 1. The summed E-state index contributed by atoms with van der Waals surface area (Å²) in [6.45, 7) is 5.44. The highest BCUT2D eigenvalue weighted by atomic mass is 32.2. The fourth-order valence-corrected chi connectivity index (χ4v) is 19.7. The number of carboxylic acids is 1. The largest absolute Gasteiger partial charge is 0.480 e. The molecular weight excluding hydrogens is 2010 g/mol. The number of nitrogens with one attached hydrogen (secondary N) is 23. The Morgan fingerprint density at radius 2 is 0.893 bits per heavy atom. The van der Waals surface area contributed by atoms with E-state index in [4.69, 9.17) is 67.2 Å². The van der Waals surface area contributed by atoms with Crippen LogP contribution in [0.2, 0.25) is 0 Å². The maximum absolute atomic E-state index is 15.5. The van der Waals surface area contributed by atoms with E-state index in [-0.39, 0.29) is 190 Å². The first-order chi connectivity index (χ1) is 71.3. The lowest BCUT2D eigenvalue weighted by Gasteiger charge is -2.42. The van der Waals surface area contributed by atoms with Crippen molar-refractivity contribution in [2.24, 2.45) is 52.0 Å². The number of rotatable bonds is 39. The Balaban J connectivity index is 1.38. The van der Waals surface area contributed by atoms with Gasteiger partial charge in [-0.1, -0.05) is 76.2 Å². The van der Waals surface area contributed by atoms with Gasteiger partial charge in [0.1, 0.15) is 78.5 Å². The van der Waals surface area contributed by atoms with E-state index < -0.39 is 278 Å². The zero-order chi connectivity index (χ0) is 110. The molecule has 38 N–H and O–H groups in total. The van der Waals surface area contributed by atoms with Crippen molar-refractivity contribution in [3.8, 4) is 0 Å². The van der Waals surface area contributed by atoms with E-state index in [9.17, 15) is 24.3 Å². The van der Waals surface area contributed by atoms with Crippen molar-refractivity contribution in [3.63, 3.8) is 0 Å². The number of aromatic amines is 1. The Hall–Kier alpha value is -14.2. The number of carboxylic acid groups (broad SMARTS) is 1. The first kappa shape index (κ1) is 123. The van der Waals surface area contributed by atoms with E-state index in [2.05, 4.69) is 95.4 Å². The van der Waals surface area contributed by atoms with Crippen molar-refractivity contribution in [3.05, 3.63) is 71.9 Å². The average molecular weight is 2160 g/mol. The van der Waals surface area contributed by atoms with Gasteiger partial charge in [-0.25, -0.2) is 4.79 Å². The highest BCUT2D eigenvalue weighted by Crippen LogP contribution is 2.26. The first-order valence-corrected chi connectivity index (χ1v) is 53.6. The molecule has 1 aromatic heterocycles. The molecule has 7 rings (SSSR count). The molecule has 0 unspecified atom stereocenters. The van der Waals surface area contributed by atoms with E-state index in [1.54, 1.807) is 88.5 Å². The minimum absolute atomic E-state index is 0.00749. The Kier molecular flexibility index (Phi) is 52.0. The second-order valence-corrected chi connectivity index (χ2v) is 41.3. The SMILES string of the molecule is CC(C)C[C@@H]1NC(=O)[C@H](CCC(N)=O)NC(=O)[C@H](CCCNC(=N)N)NC(=O)[C@@H]2CSCCC(=O)N3CN(CN(C3)C(=O)CCSC[C@H](NC(=O)[C@@H](N)CCCNC(=N)N)C(=O)N[C@@H](CCc3ccccc3)C(=O)N[C@@H](CCCNC(=N)N)C(=O)N[C@@H](CC(C)C)C(=O)N3CCC[C@H]3C(=O)N2)C(=O)CCSC[C@@H](C(=O)N[C@@H](CCCNC(=N)N)C(=O)N[C@@H](Cc2c[nH]c3ccccc23)C(=O)O)NC(=O)[C@H](CCCNC(=N)N)NC1=O. The predicted molar refractivity (Wildman–Crippen MR) is 564 cm³/mol. The summed E-state index contributed by atoms with van der Waals surface area (Å²) in [5.41, 5.74) is 42.2. The number of aryl methyl sites for hydroxylation is 1. The molecule has 4 aliphatic rings. The number of fused-ring (bicyclic) bond motifs is 9. The van der Waals surface area contributed by atoms with E-state index in [1.807, 2.05) is 0 Å². The number of aromatic nitrogens is 1. The second-order valence-electron chi connectivity index (χ2n) is 37.8. The normalized spacial score (nSPS) is 22.2. The molecular formula is C94H150N34O19S3. The quantitative estimate of drug-likeness (QED) is 0.0144. The molecule has 0 radical (unpaired) electrons. The van der Waals surface area contributed by atoms with E-state index in [1.165, 1.54) is 19.6 Å². The van der Waals surface area contributed by atoms with Gasteiger partial charge in [0.05, 0.1) is 26.0 Å². The Bertz CT molecular complexity index is 5180. The van der Waals surface area contributed by atoms with Crippen molar-refractivity contribution in [2.45, 2.75) is 254 Å². The third-order valence-electron chi connectivity index (χ3n) is 24.8. The summed E-state index contributed by atoms with van der Waals surface area (Å²) in [5, 5.41) is 95.9. The number of benzene rings is 2. The van der Waals surface area contributed by atoms with E-state index >= 15 is 67.1 Å². The highest BCUT2D eigenvalue weighted by molar-refractivity contribution is 7.99. The summed E-state index contributed by atoms with van der Waals surface area (Å²) in [6, 6.07) is -6.10. The maximum atomic E-state index is 15.5. The molecule has 3 aromatic rings. The van der Waals surface area contributed by atoms with Gasteiger partial charge in [-0.3, -0.25) is 109 Å². The fraction of sp³-hybridized carbons (Fsp3) is 0.606. The molecule has 4 saturated heterocycles. The van der Waals surface area contributed by atoms with Gasteiger partial charge in [0.25, 0.3) is 0 Å². The molecule has 4 aliphatic heterocycles. The van der Waals surface area contributed by atoms with Crippen LogP contribution in [0.4, 0.5) is 0 Å². The smallest absolute Gasteiger partial charge is 0.326 e. The topological polar surface area (TPSA) is 862 Å². The van der Waals surface area contributed by atoms with Crippen molar-refractivity contribution in [1.29, 1.82) is 27.0 Å². The molecule has 53 nitrogen and oxygen atoms in total. The van der Waals surface area contributed by atoms with Crippen LogP contribution in [0.3, 0.4) is 0 Å². The number of thioether (sulfide) groups is 3. The minimum Gasteiger partial charge on any atom is -0.480 e. The third-order valence-corrected chi connectivity index (χ3v) is 27.9. The molecule has 4 fully saturated rings. The Morgan fingerprint density at radius 3 is 1.40 bits per heavy atom. The lowest BCUT2D eigenvalue weighted by Crippen LogP contribution is -2.61. The number of carbonyl (C=O) groups is 18. The van der Waals surface area contributed by atoms with Crippen LogP contribution in [-0.4, -0.2) is 344 Å². The average Bonchev–Trinajstić information content (AvgIpc) is 1.83. The number of para-hydroxylation sites is 1. The van der Waals surface area contributed by atoms with Crippen LogP contribution in [0.5, 0.6) is 0 Å². The molecule has 4 bridgehead atoms. The molecule has 150 heavy (non-hydrogen) atoms. The summed E-state index contributed by atoms with van der Waals surface area (Å²) in [4.78, 5) is 276. The van der Waals surface area contributed by atoms with Crippen molar-refractivity contribution in [2.75, 3.05) is 93.8 Å². The van der Waals surface area contributed by atoms with Crippen LogP contribution >= 0.6 is 35.3 Å². The highest BCUT2D eigenvalue weighted by Gasteiger charge is 2.44. The monoisotopic (exact) mass is 2160 g/mol. The van der Waals surface area contributed by atoms with Crippen molar-refractivity contribution >= 4 is 182 Å².